The molecule has 1 aliphatic carbocycles. The van der Waals surface area contributed by atoms with Gasteiger partial charge in [0.05, 0.1) is 10.6 Å². The van der Waals surface area contributed by atoms with Gasteiger partial charge in [0.25, 0.3) is 10.0 Å². The fourth-order valence-electron chi connectivity index (χ4n) is 3.47. The lowest BCUT2D eigenvalue weighted by Gasteiger charge is -2.26. The number of hydrogen-bond acceptors (Lipinski definition) is 3. The van der Waals surface area contributed by atoms with E-state index in [2.05, 4.69) is 11.4 Å². The van der Waals surface area contributed by atoms with E-state index in [1.165, 1.54) is 16.3 Å². The molecule has 0 spiro atoms. The van der Waals surface area contributed by atoms with Crippen LogP contribution in [0.3, 0.4) is 0 Å². The average molecular weight is 413 g/mol. The minimum Gasteiger partial charge on any atom is -0.351 e. The number of benzene rings is 2. The molecule has 1 aliphatic rings. The van der Waals surface area contributed by atoms with Crippen molar-refractivity contribution in [2.24, 2.45) is 0 Å². The van der Waals surface area contributed by atoms with Crippen molar-refractivity contribution >= 4 is 21.6 Å². The second kappa shape index (κ2) is 9.27. The van der Waals surface area contributed by atoms with Gasteiger partial charge in [-0.3, -0.25) is 9.10 Å². The third kappa shape index (κ3) is 5.26. The number of hydrogen-bond donors (Lipinski definition) is 1. The number of carbonyl (C=O) groups is 1. The first-order valence-corrected chi connectivity index (χ1v) is 11.4. The lowest BCUT2D eigenvalue weighted by molar-refractivity contribution is -0.119. The number of aryl methyl sites for hydroxylation is 2. The summed E-state index contributed by atoms with van der Waals surface area (Å²) >= 11 is 0. The van der Waals surface area contributed by atoms with Crippen molar-refractivity contribution in [2.75, 3.05) is 17.4 Å². The van der Waals surface area contributed by atoms with Gasteiger partial charge in [0.2, 0.25) is 5.91 Å². The molecule has 0 saturated heterocycles. The second-order valence-electron chi connectivity index (χ2n) is 7.50. The number of anilines is 1. The van der Waals surface area contributed by atoms with Crippen molar-refractivity contribution in [3.63, 3.8) is 0 Å². The Bertz CT molecular complexity index is 998. The maximum Gasteiger partial charge on any atom is 0.264 e. The van der Waals surface area contributed by atoms with E-state index in [4.69, 9.17) is 0 Å². The highest BCUT2D eigenvalue weighted by Gasteiger charge is 2.28. The van der Waals surface area contributed by atoms with Gasteiger partial charge in [0.1, 0.15) is 6.54 Å². The van der Waals surface area contributed by atoms with Crippen LogP contribution in [0.5, 0.6) is 0 Å². The molecule has 3 rings (SSSR count). The van der Waals surface area contributed by atoms with Crippen LogP contribution >= 0.6 is 0 Å². The third-order valence-electron chi connectivity index (χ3n) is 5.15. The van der Waals surface area contributed by atoms with Crippen molar-refractivity contribution in [1.29, 1.82) is 0 Å². The van der Waals surface area contributed by atoms with Gasteiger partial charge in [-0.2, -0.15) is 0 Å². The maximum atomic E-state index is 13.4. The number of sulfonamides is 1. The molecule has 5 nitrogen and oxygen atoms in total. The Morgan fingerprint density at radius 2 is 1.83 bits per heavy atom. The maximum absolute atomic E-state index is 13.4. The van der Waals surface area contributed by atoms with Crippen molar-refractivity contribution in [2.45, 2.75) is 44.4 Å². The first-order chi connectivity index (χ1) is 13.9. The molecule has 29 heavy (non-hydrogen) atoms. The summed E-state index contributed by atoms with van der Waals surface area (Å²) in [6.07, 6.45) is 6.53. The van der Waals surface area contributed by atoms with Crippen LogP contribution in [0, 0.1) is 13.8 Å². The molecule has 6 heteroatoms. The Hall–Kier alpha value is -2.60. The zero-order valence-corrected chi connectivity index (χ0v) is 17.8. The molecule has 0 aliphatic heterocycles. The molecule has 2 aromatic rings. The number of amides is 1. The normalized spacial score (nSPS) is 14.2. The Balaban J connectivity index is 1.88. The van der Waals surface area contributed by atoms with Gasteiger partial charge in [-0.1, -0.05) is 42.0 Å². The Morgan fingerprint density at radius 3 is 2.52 bits per heavy atom. The van der Waals surface area contributed by atoms with E-state index in [9.17, 15) is 13.2 Å². The molecule has 0 heterocycles. The van der Waals surface area contributed by atoms with Crippen LogP contribution in [0.1, 0.15) is 36.8 Å². The summed E-state index contributed by atoms with van der Waals surface area (Å²) in [7, 11) is -3.87. The zero-order chi connectivity index (χ0) is 20.9. The number of rotatable bonds is 7. The molecule has 2 aromatic carbocycles. The monoisotopic (exact) mass is 412 g/mol. The SMILES string of the molecule is Cc1ccc(C)c(N(CC(=O)NCC2=CCCCC2)S(=O)(=O)c2ccccc2)c1. The van der Waals surface area contributed by atoms with Crippen molar-refractivity contribution in [3.8, 4) is 0 Å². The van der Waals surface area contributed by atoms with Gasteiger partial charge in [-0.25, -0.2) is 8.42 Å². The van der Waals surface area contributed by atoms with Crippen molar-refractivity contribution in [3.05, 3.63) is 71.3 Å². The van der Waals surface area contributed by atoms with E-state index in [0.29, 0.717) is 12.2 Å². The minimum atomic E-state index is -3.87. The fourth-order valence-corrected chi connectivity index (χ4v) is 4.97. The van der Waals surface area contributed by atoms with Crippen LogP contribution in [-0.2, 0) is 14.8 Å². The summed E-state index contributed by atoms with van der Waals surface area (Å²) in [4.78, 5) is 12.9. The summed E-state index contributed by atoms with van der Waals surface area (Å²) in [5.41, 5.74) is 3.49. The quantitative estimate of drug-likeness (QED) is 0.696. The summed E-state index contributed by atoms with van der Waals surface area (Å²) in [5.74, 6) is -0.308. The molecular formula is C23H28N2O3S. The smallest absolute Gasteiger partial charge is 0.264 e. The van der Waals surface area contributed by atoms with Gasteiger partial charge in [-0.15, -0.1) is 0 Å². The van der Waals surface area contributed by atoms with E-state index in [0.717, 1.165) is 30.4 Å². The molecule has 0 radical (unpaired) electrons. The van der Waals surface area contributed by atoms with Gasteiger partial charge in [-0.05, 0) is 68.9 Å². The van der Waals surface area contributed by atoms with Gasteiger partial charge in [0.15, 0.2) is 0 Å². The number of carbonyl (C=O) groups excluding carboxylic acids is 1. The van der Waals surface area contributed by atoms with Gasteiger partial charge < -0.3 is 5.32 Å². The number of allylic oxidation sites excluding steroid dienone is 1. The summed E-state index contributed by atoms with van der Waals surface area (Å²) in [6, 6.07) is 13.9. The second-order valence-corrected chi connectivity index (χ2v) is 9.36. The van der Waals surface area contributed by atoms with E-state index >= 15 is 0 Å². The number of nitrogens with zero attached hydrogens (tertiary/aromatic N) is 1. The van der Waals surface area contributed by atoms with E-state index in [1.54, 1.807) is 30.3 Å². The predicted molar refractivity (Wildman–Crippen MR) is 116 cm³/mol. The van der Waals surface area contributed by atoms with Crippen LogP contribution in [0.2, 0.25) is 0 Å². The van der Waals surface area contributed by atoms with Crippen LogP contribution in [0.4, 0.5) is 5.69 Å². The van der Waals surface area contributed by atoms with E-state index in [-0.39, 0.29) is 17.3 Å². The predicted octanol–water partition coefficient (Wildman–Crippen LogP) is 4.12. The van der Waals surface area contributed by atoms with E-state index in [1.807, 2.05) is 32.0 Å². The standard InChI is InChI=1S/C23H28N2O3S/c1-18-13-14-19(2)22(15-18)25(29(27,28)21-11-7-4-8-12-21)17-23(26)24-16-20-9-5-3-6-10-20/h4,7-9,11-15H,3,5-6,10,16-17H2,1-2H3,(H,24,26). The van der Waals surface area contributed by atoms with Crippen molar-refractivity contribution < 1.29 is 13.2 Å². The van der Waals surface area contributed by atoms with Crippen LogP contribution < -0.4 is 9.62 Å². The van der Waals surface area contributed by atoms with Crippen LogP contribution in [-0.4, -0.2) is 27.4 Å². The fraction of sp³-hybridized carbons (Fsp3) is 0.348. The highest BCUT2D eigenvalue weighted by Crippen LogP contribution is 2.27. The summed E-state index contributed by atoms with van der Waals surface area (Å²) in [6.45, 7) is 3.98. The van der Waals surface area contributed by atoms with Gasteiger partial charge in [0, 0.05) is 6.54 Å². The molecule has 1 amide bonds. The Kier molecular flexibility index (Phi) is 6.75. The molecule has 0 atom stereocenters. The van der Waals surface area contributed by atoms with Crippen LogP contribution in [0.25, 0.3) is 0 Å². The molecule has 0 fully saturated rings. The molecule has 0 bridgehead atoms. The summed E-state index contributed by atoms with van der Waals surface area (Å²) < 4.78 is 28.0. The number of nitrogens with one attached hydrogen (secondary N) is 1. The average Bonchev–Trinajstić information content (AvgIpc) is 2.73. The lowest BCUT2D eigenvalue weighted by Crippen LogP contribution is -2.41. The molecule has 154 valence electrons. The largest absolute Gasteiger partial charge is 0.351 e. The zero-order valence-electron chi connectivity index (χ0n) is 17.0. The highest BCUT2D eigenvalue weighted by atomic mass is 32.2. The van der Waals surface area contributed by atoms with Gasteiger partial charge >= 0.3 is 0 Å². The van der Waals surface area contributed by atoms with Crippen LogP contribution in [0.15, 0.2) is 65.1 Å². The third-order valence-corrected chi connectivity index (χ3v) is 6.92. The van der Waals surface area contributed by atoms with Crippen molar-refractivity contribution in [1.82, 2.24) is 5.32 Å². The van der Waals surface area contributed by atoms with E-state index < -0.39 is 10.0 Å². The lowest BCUT2D eigenvalue weighted by atomic mass is 10.00. The molecule has 0 saturated carbocycles. The summed E-state index contributed by atoms with van der Waals surface area (Å²) in [5, 5.41) is 2.90. The first-order valence-electron chi connectivity index (χ1n) is 9.97. The first kappa shape index (κ1) is 21.1. The molecule has 0 unspecified atom stereocenters. The Morgan fingerprint density at radius 1 is 1.07 bits per heavy atom. The molecule has 1 N–H and O–H groups in total. The minimum absolute atomic E-state index is 0.170. The molecular weight excluding hydrogens is 384 g/mol. The Labute approximate surface area is 173 Å². The topological polar surface area (TPSA) is 66.5 Å². The molecule has 0 aromatic heterocycles. The highest BCUT2D eigenvalue weighted by molar-refractivity contribution is 7.92.